The lowest BCUT2D eigenvalue weighted by molar-refractivity contribution is -0.274. The van der Waals surface area contributed by atoms with Gasteiger partial charge in [-0.1, -0.05) is 66.7 Å². The third-order valence-electron chi connectivity index (χ3n) is 9.62. The summed E-state index contributed by atoms with van der Waals surface area (Å²) in [5.41, 5.74) is 5.91. The molecular weight excluding hydrogens is 814 g/mol. The maximum absolute atomic E-state index is 13.0. The summed E-state index contributed by atoms with van der Waals surface area (Å²) < 4.78 is 45.9. The first-order valence-corrected chi connectivity index (χ1v) is 20.7. The van der Waals surface area contributed by atoms with Gasteiger partial charge in [-0.3, -0.25) is 4.98 Å². The Labute approximate surface area is 363 Å². The minimum atomic E-state index is -4.77. The number of amides is 4. The Morgan fingerprint density at radius 2 is 1.24 bits per heavy atom. The molecule has 2 heterocycles. The summed E-state index contributed by atoms with van der Waals surface area (Å²) in [5, 5.41) is 11.0. The number of rotatable bonds is 12. The van der Waals surface area contributed by atoms with Crippen LogP contribution in [0.4, 0.5) is 34.1 Å². The number of methoxy groups -OCH3 is 1. The van der Waals surface area contributed by atoms with E-state index in [2.05, 4.69) is 55.7 Å². The largest absolute Gasteiger partial charge is 0.573 e. The number of alkyl halides is 3. The lowest BCUT2D eigenvalue weighted by atomic mass is 10.1. The molecule has 62 heavy (non-hydrogen) atoms. The number of hydrogen-bond acceptors (Lipinski definition) is 7. The topological polar surface area (TPSA) is 109 Å². The zero-order valence-corrected chi connectivity index (χ0v) is 35.7. The molecule has 5 aromatic carbocycles. The molecule has 0 aliphatic rings. The van der Waals surface area contributed by atoms with Crippen LogP contribution < -0.4 is 20.1 Å². The Morgan fingerprint density at radius 1 is 0.661 bits per heavy atom. The summed E-state index contributed by atoms with van der Waals surface area (Å²) in [6.45, 7) is 8.71. The lowest BCUT2D eigenvalue weighted by Crippen LogP contribution is -2.39. The molecule has 0 spiro atoms. The van der Waals surface area contributed by atoms with Crippen LogP contribution in [-0.2, 0) is 13.1 Å². The summed E-state index contributed by atoms with van der Waals surface area (Å²) in [4.78, 5) is 38.1. The van der Waals surface area contributed by atoms with Crippen LogP contribution in [0, 0.1) is 0 Å². The molecule has 2 N–H and O–H groups in total. The number of halogens is 3. The maximum Gasteiger partial charge on any atom is 0.573 e. The van der Waals surface area contributed by atoms with Crippen molar-refractivity contribution in [1.82, 2.24) is 19.8 Å². The zero-order chi connectivity index (χ0) is 44.2. The van der Waals surface area contributed by atoms with E-state index in [0.717, 1.165) is 61.5 Å². The molecule has 7 rings (SSSR count). The van der Waals surface area contributed by atoms with Gasteiger partial charge in [-0.05, 0) is 110 Å². The molecule has 0 aliphatic carbocycles. The Kier molecular flexibility index (Phi) is 14.8. The molecule has 0 atom stereocenters. The first-order valence-electron chi connectivity index (χ1n) is 19.8. The average molecular weight is 861 g/mol. The molecular formula is C48H47F3N6O4S. The Hall–Kier alpha value is -6.93. The van der Waals surface area contributed by atoms with Gasteiger partial charge >= 0.3 is 18.4 Å². The van der Waals surface area contributed by atoms with Crippen LogP contribution in [0.25, 0.3) is 32.6 Å². The van der Waals surface area contributed by atoms with E-state index in [1.54, 1.807) is 29.5 Å². The van der Waals surface area contributed by atoms with E-state index >= 15 is 0 Å². The molecule has 7 aromatic rings. The van der Waals surface area contributed by atoms with Crippen molar-refractivity contribution in [2.75, 3.05) is 17.7 Å². The fourth-order valence-electron chi connectivity index (χ4n) is 6.44. The Morgan fingerprint density at radius 3 is 1.81 bits per heavy atom. The molecule has 320 valence electrons. The van der Waals surface area contributed by atoms with Crippen LogP contribution in [-0.4, -0.2) is 57.4 Å². The maximum atomic E-state index is 13.0. The van der Waals surface area contributed by atoms with Crippen LogP contribution >= 0.6 is 11.3 Å². The average Bonchev–Trinajstić information content (AvgIpc) is 3.81. The predicted octanol–water partition coefficient (Wildman–Crippen LogP) is 12.5. The minimum Gasteiger partial charge on any atom is -0.495 e. The van der Waals surface area contributed by atoms with E-state index in [1.165, 1.54) is 12.1 Å². The first kappa shape index (κ1) is 44.6. The molecule has 0 unspecified atom stereocenters. The van der Waals surface area contributed by atoms with Crippen LogP contribution in [0.2, 0.25) is 0 Å². The molecule has 10 nitrogen and oxygen atoms in total. The van der Waals surface area contributed by atoms with Gasteiger partial charge in [0.15, 0.2) is 0 Å². The van der Waals surface area contributed by atoms with Crippen LogP contribution in [0.1, 0.15) is 38.8 Å². The van der Waals surface area contributed by atoms with Gasteiger partial charge in [0.2, 0.25) is 0 Å². The summed E-state index contributed by atoms with van der Waals surface area (Å²) in [5.74, 6) is 0.306. The number of ether oxygens (including phenoxy) is 2. The van der Waals surface area contributed by atoms with Crippen LogP contribution in [0.15, 0.2) is 145 Å². The monoisotopic (exact) mass is 860 g/mol. The van der Waals surface area contributed by atoms with Gasteiger partial charge in [-0.15, -0.1) is 24.5 Å². The second-order valence-corrected chi connectivity index (χ2v) is 15.7. The highest BCUT2D eigenvalue weighted by Crippen LogP contribution is 2.27. The molecule has 0 saturated carbocycles. The zero-order valence-electron chi connectivity index (χ0n) is 34.9. The molecule has 4 amide bonds. The molecule has 0 fully saturated rings. The number of benzene rings is 5. The molecule has 0 bridgehead atoms. The van der Waals surface area contributed by atoms with Gasteiger partial charge in [-0.25, -0.2) is 14.6 Å². The third-order valence-corrected chi connectivity index (χ3v) is 10.4. The highest BCUT2D eigenvalue weighted by molar-refractivity contribution is 7.13. The van der Waals surface area contributed by atoms with Crippen molar-refractivity contribution < 1.29 is 32.2 Å². The van der Waals surface area contributed by atoms with Crippen LogP contribution in [0.5, 0.6) is 11.5 Å². The number of aromatic nitrogens is 2. The van der Waals surface area contributed by atoms with Crippen molar-refractivity contribution in [3.05, 3.63) is 156 Å². The number of fused-ring (bicyclic) bond motifs is 1. The van der Waals surface area contributed by atoms with Gasteiger partial charge in [-0.2, -0.15) is 0 Å². The molecule has 0 saturated heterocycles. The standard InChI is InChI=1S/C24H24F3N3O3.C24H23N3OS/c1-16(2)30(23(31)29-19-7-9-20(10-8-19)33-24(25,26)27)15-17-5-4-6-18(13-17)22-12-11-21(32-3)14-28-22;1-17(2)27(16-18-6-5-9-21(14-18)23-25-12-13-29-23)24(28)26-22-11-10-19-7-3-4-8-20(19)15-22/h4-14,16H,15H2,1-3H3,(H,29,31);3-15,17H,16H2,1-2H3,(H,26,28). The number of pyridine rings is 1. The first-order chi connectivity index (χ1) is 29.7. The number of hydrogen-bond donors (Lipinski definition) is 2. The molecule has 0 radical (unpaired) electrons. The number of thiazole rings is 1. The van der Waals surface area contributed by atoms with Gasteiger partial charge in [0.1, 0.15) is 16.5 Å². The van der Waals surface area contributed by atoms with E-state index in [9.17, 15) is 22.8 Å². The smallest absolute Gasteiger partial charge is 0.495 e. The molecule has 0 aliphatic heterocycles. The SMILES string of the molecule is CC(C)N(Cc1cccc(-c2nccs2)c1)C(=O)Nc1ccc2ccccc2c1.COc1ccc(-c2cccc(CN(C(=O)Nc3ccc(OC(F)(F)F)cc3)C(C)C)c2)nc1. The number of nitrogens with zero attached hydrogens (tertiary/aromatic N) is 4. The van der Waals surface area contributed by atoms with Crippen molar-refractivity contribution in [3.8, 4) is 33.3 Å². The second kappa shape index (κ2) is 20.6. The van der Waals surface area contributed by atoms with Gasteiger partial charge in [0, 0.05) is 59.3 Å². The number of nitrogens with one attached hydrogen (secondary N) is 2. The Balaban J connectivity index is 0.000000208. The number of carbonyl (C=O) groups excluding carboxylic acids is 2. The van der Waals surface area contributed by atoms with Gasteiger partial charge in [0.25, 0.3) is 0 Å². The Bertz CT molecular complexity index is 2550. The van der Waals surface area contributed by atoms with Gasteiger partial charge < -0.3 is 29.9 Å². The van der Waals surface area contributed by atoms with Crippen molar-refractivity contribution in [2.24, 2.45) is 0 Å². The lowest BCUT2D eigenvalue weighted by Gasteiger charge is -2.27. The summed E-state index contributed by atoms with van der Waals surface area (Å²) in [6.07, 6.45) is -1.32. The summed E-state index contributed by atoms with van der Waals surface area (Å²) in [7, 11) is 1.58. The fourth-order valence-corrected chi connectivity index (χ4v) is 7.07. The van der Waals surface area contributed by atoms with Crippen molar-refractivity contribution in [2.45, 2.75) is 59.2 Å². The van der Waals surface area contributed by atoms with E-state index in [-0.39, 0.29) is 29.9 Å². The second-order valence-electron chi connectivity index (χ2n) is 14.8. The fraction of sp³-hybridized carbons (Fsp3) is 0.208. The minimum absolute atomic E-state index is 0.0685. The molecule has 2 aromatic heterocycles. The van der Waals surface area contributed by atoms with E-state index < -0.39 is 6.36 Å². The van der Waals surface area contributed by atoms with E-state index in [0.29, 0.717) is 24.5 Å². The highest BCUT2D eigenvalue weighted by Gasteiger charge is 2.31. The summed E-state index contributed by atoms with van der Waals surface area (Å²) in [6, 6.07) is 38.2. The highest BCUT2D eigenvalue weighted by atomic mass is 32.1. The third kappa shape index (κ3) is 12.6. The van der Waals surface area contributed by atoms with Crippen molar-refractivity contribution >= 4 is 45.5 Å². The number of carbonyl (C=O) groups is 2. The number of urea groups is 2. The van der Waals surface area contributed by atoms with Crippen molar-refractivity contribution in [3.63, 3.8) is 0 Å². The predicted molar refractivity (Wildman–Crippen MR) is 240 cm³/mol. The normalized spacial score (nSPS) is 11.1. The van der Waals surface area contributed by atoms with Gasteiger partial charge in [0.05, 0.1) is 19.0 Å². The molecule has 14 heteroatoms. The van der Waals surface area contributed by atoms with E-state index in [1.807, 2.05) is 117 Å². The van der Waals surface area contributed by atoms with Crippen molar-refractivity contribution in [1.29, 1.82) is 0 Å². The van der Waals surface area contributed by atoms with Crippen LogP contribution in [0.3, 0.4) is 0 Å². The number of anilines is 2. The quantitative estimate of drug-likeness (QED) is 0.127. The summed E-state index contributed by atoms with van der Waals surface area (Å²) >= 11 is 1.61. The van der Waals surface area contributed by atoms with E-state index in [4.69, 9.17) is 4.74 Å².